The lowest BCUT2D eigenvalue weighted by molar-refractivity contribution is 0.778. The second kappa shape index (κ2) is 3.53. The van der Waals surface area contributed by atoms with Crippen molar-refractivity contribution in [3.05, 3.63) is 35.4 Å². The maximum Gasteiger partial charge on any atom is 0.146 e. The van der Waals surface area contributed by atoms with E-state index in [0.717, 1.165) is 27.3 Å². The van der Waals surface area contributed by atoms with Gasteiger partial charge in [-0.15, -0.1) is 0 Å². The first-order valence-electron chi connectivity index (χ1n) is 5.22. The molecule has 86 valence electrons. The van der Waals surface area contributed by atoms with Gasteiger partial charge in [0, 0.05) is 29.0 Å². The van der Waals surface area contributed by atoms with Crippen LogP contribution in [0.1, 0.15) is 0 Å². The highest BCUT2D eigenvalue weighted by Crippen LogP contribution is 2.29. The van der Waals surface area contributed by atoms with Crippen LogP contribution in [0.2, 0.25) is 5.02 Å². The van der Waals surface area contributed by atoms with Crippen LogP contribution in [0.15, 0.2) is 30.3 Å². The molecule has 3 aromatic rings. The van der Waals surface area contributed by atoms with Crippen molar-refractivity contribution >= 4 is 28.3 Å². The molecule has 3 rings (SSSR count). The second-order valence-corrected chi connectivity index (χ2v) is 4.37. The molecule has 0 radical (unpaired) electrons. The molecular weight excluding hydrogens is 236 g/mol. The molecule has 0 aliphatic rings. The fourth-order valence-electron chi connectivity index (χ4n) is 2.00. The van der Waals surface area contributed by atoms with Gasteiger partial charge >= 0.3 is 0 Å². The first-order valence-corrected chi connectivity index (χ1v) is 5.60. The first kappa shape index (κ1) is 10.2. The Balaban J connectivity index is 2.25. The normalized spacial score (nSPS) is 11.2. The molecule has 0 unspecified atom stereocenters. The monoisotopic (exact) mass is 246 g/mol. The fraction of sp³-hybridized carbons (Fsp3) is 0.0833. The number of rotatable bonds is 1. The fourth-order valence-corrected chi connectivity index (χ4v) is 2.23. The lowest BCUT2D eigenvalue weighted by Gasteiger charge is -1.96. The Bertz CT molecular complexity index is 696. The van der Waals surface area contributed by atoms with E-state index in [9.17, 15) is 0 Å². The Hall–Kier alpha value is -1.94. The predicted octanol–water partition coefficient (Wildman–Crippen LogP) is 2.80. The summed E-state index contributed by atoms with van der Waals surface area (Å²) < 4.78 is 1.74. The second-order valence-electron chi connectivity index (χ2n) is 3.96. The van der Waals surface area contributed by atoms with Gasteiger partial charge in [-0.1, -0.05) is 17.7 Å². The van der Waals surface area contributed by atoms with Crippen molar-refractivity contribution in [2.24, 2.45) is 7.05 Å². The zero-order chi connectivity index (χ0) is 12.0. The number of nitrogens with one attached hydrogen (secondary N) is 1. The van der Waals surface area contributed by atoms with Gasteiger partial charge in [-0.25, -0.2) is 0 Å². The molecule has 1 aromatic carbocycles. The van der Waals surface area contributed by atoms with Gasteiger partial charge in [0.25, 0.3) is 0 Å². The molecule has 0 aliphatic carbocycles. The van der Waals surface area contributed by atoms with Crippen LogP contribution >= 0.6 is 11.6 Å². The Morgan fingerprint density at radius 1 is 1.35 bits per heavy atom. The van der Waals surface area contributed by atoms with Crippen molar-refractivity contribution in [3.63, 3.8) is 0 Å². The Morgan fingerprint density at radius 3 is 2.82 bits per heavy atom. The minimum atomic E-state index is 0.507. The molecule has 0 bridgehead atoms. The van der Waals surface area contributed by atoms with Crippen molar-refractivity contribution in [2.75, 3.05) is 5.73 Å². The van der Waals surface area contributed by atoms with Gasteiger partial charge in [-0.3, -0.25) is 4.68 Å². The van der Waals surface area contributed by atoms with E-state index >= 15 is 0 Å². The topological polar surface area (TPSA) is 59.6 Å². The molecule has 0 saturated carbocycles. The molecule has 0 saturated heterocycles. The summed E-state index contributed by atoms with van der Waals surface area (Å²) in [6.45, 7) is 0. The van der Waals surface area contributed by atoms with Gasteiger partial charge < -0.3 is 10.7 Å². The van der Waals surface area contributed by atoms with Crippen molar-refractivity contribution < 1.29 is 0 Å². The Morgan fingerprint density at radius 2 is 2.18 bits per heavy atom. The highest BCUT2D eigenvalue weighted by Gasteiger charge is 2.10. The summed E-state index contributed by atoms with van der Waals surface area (Å²) in [5.74, 6) is 0.507. The van der Waals surface area contributed by atoms with Gasteiger partial charge in [0.1, 0.15) is 5.82 Å². The lowest BCUT2D eigenvalue weighted by atomic mass is 10.2. The molecule has 0 amide bonds. The van der Waals surface area contributed by atoms with Crippen LogP contribution in [0, 0.1) is 0 Å². The van der Waals surface area contributed by atoms with E-state index < -0.39 is 0 Å². The van der Waals surface area contributed by atoms with Crippen molar-refractivity contribution in [1.82, 2.24) is 14.8 Å². The maximum absolute atomic E-state index is 6.14. The van der Waals surface area contributed by atoms with Crippen LogP contribution < -0.4 is 5.73 Å². The van der Waals surface area contributed by atoms with Crippen LogP contribution in [0.25, 0.3) is 22.3 Å². The number of hydrogen-bond donors (Lipinski definition) is 2. The number of fused-ring (bicyclic) bond motifs is 1. The summed E-state index contributed by atoms with van der Waals surface area (Å²) in [6.07, 6.45) is 0. The van der Waals surface area contributed by atoms with Gasteiger partial charge in [-0.2, -0.15) is 5.10 Å². The summed E-state index contributed by atoms with van der Waals surface area (Å²) in [5, 5.41) is 5.86. The molecular formula is C12H11ClN4. The predicted molar refractivity (Wildman–Crippen MR) is 69.9 cm³/mol. The zero-order valence-electron chi connectivity index (χ0n) is 9.24. The molecule has 5 heteroatoms. The van der Waals surface area contributed by atoms with E-state index in [1.807, 2.05) is 37.4 Å². The number of aromatic nitrogens is 3. The van der Waals surface area contributed by atoms with Crippen molar-refractivity contribution in [1.29, 1.82) is 0 Å². The SMILES string of the molecule is Cn1nc(N)cc1-c1cc2c(Cl)cccc2[nH]1. The smallest absolute Gasteiger partial charge is 0.146 e. The molecule has 4 nitrogen and oxygen atoms in total. The number of aromatic amines is 1. The number of nitrogens with two attached hydrogens (primary N) is 1. The first-order chi connectivity index (χ1) is 8.15. The molecule has 17 heavy (non-hydrogen) atoms. The number of aryl methyl sites for hydroxylation is 1. The van der Waals surface area contributed by atoms with E-state index in [1.54, 1.807) is 4.68 Å². The van der Waals surface area contributed by atoms with Crippen LogP contribution in [0.4, 0.5) is 5.82 Å². The van der Waals surface area contributed by atoms with E-state index in [2.05, 4.69) is 10.1 Å². The third-order valence-electron chi connectivity index (χ3n) is 2.79. The minimum absolute atomic E-state index is 0.507. The summed E-state index contributed by atoms with van der Waals surface area (Å²) in [6, 6.07) is 9.62. The van der Waals surface area contributed by atoms with Gasteiger partial charge in [0.2, 0.25) is 0 Å². The standard InChI is InChI=1S/C12H11ClN4/c1-17-11(6-12(14)16-17)10-5-7-8(13)3-2-4-9(7)15-10/h2-6,15H,1H3,(H2,14,16). The largest absolute Gasteiger partial charge is 0.382 e. The third kappa shape index (κ3) is 1.57. The molecule has 2 heterocycles. The summed E-state index contributed by atoms with van der Waals surface area (Å²) >= 11 is 6.14. The Kier molecular flexibility index (Phi) is 2.12. The number of nitrogens with zero attached hydrogens (tertiary/aromatic N) is 2. The number of hydrogen-bond acceptors (Lipinski definition) is 2. The zero-order valence-corrected chi connectivity index (χ0v) is 9.99. The van der Waals surface area contributed by atoms with Crippen molar-refractivity contribution in [2.45, 2.75) is 0 Å². The number of benzene rings is 1. The molecule has 0 spiro atoms. The number of anilines is 1. The highest BCUT2D eigenvalue weighted by molar-refractivity contribution is 6.35. The van der Waals surface area contributed by atoms with Gasteiger partial charge in [0.05, 0.1) is 11.4 Å². The van der Waals surface area contributed by atoms with Gasteiger partial charge in [-0.05, 0) is 18.2 Å². The summed E-state index contributed by atoms with van der Waals surface area (Å²) in [7, 11) is 1.86. The molecule has 3 N–H and O–H groups in total. The maximum atomic E-state index is 6.14. The van der Waals surface area contributed by atoms with E-state index in [1.165, 1.54) is 0 Å². The lowest BCUT2D eigenvalue weighted by Crippen LogP contribution is -1.94. The molecule has 0 aliphatic heterocycles. The highest BCUT2D eigenvalue weighted by atomic mass is 35.5. The molecule has 2 aromatic heterocycles. The average Bonchev–Trinajstić information content (AvgIpc) is 2.82. The molecule has 0 fully saturated rings. The average molecular weight is 247 g/mol. The minimum Gasteiger partial charge on any atom is -0.382 e. The van der Waals surface area contributed by atoms with Crippen LogP contribution in [-0.2, 0) is 7.05 Å². The summed E-state index contributed by atoms with van der Waals surface area (Å²) in [4.78, 5) is 3.31. The summed E-state index contributed by atoms with van der Waals surface area (Å²) in [5.41, 5.74) is 8.57. The van der Waals surface area contributed by atoms with E-state index in [4.69, 9.17) is 17.3 Å². The number of halogens is 1. The quantitative estimate of drug-likeness (QED) is 0.694. The third-order valence-corrected chi connectivity index (χ3v) is 3.12. The molecule has 0 atom stereocenters. The van der Waals surface area contributed by atoms with Crippen LogP contribution in [-0.4, -0.2) is 14.8 Å². The van der Waals surface area contributed by atoms with E-state index in [0.29, 0.717) is 5.82 Å². The van der Waals surface area contributed by atoms with Gasteiger partial charge in [0.15, 0.2) is 0 Å². The van der Waals surface area contributed by atoms with Crippen molar-refractivity contribution in [3.8, 4) is 11.4 Å². The van der Waals surface area contributed by atoms with E-state index in [-0.39, 0.29) is 0 Å². The van der Waals surface area contributed by atoms with Crippen LogP contribution in [0.3, 0.4) is 0 Å². The number of H-pyrrole nitrogens is 1. The number of nitrogen functional groups attached to an aromatic ring is 1. The Labute approximate surface area is 103 Å². The van der Waals surface area contributed by atoms with Crippen LogP contribution in [0.5, 0.6) is 0 Å².